The quantitative estimate of drug-likeness (QED) is 0.546. The van der Waals surface area contributed by atoms with E-state index in [1.165, 1.54) is 7.11 Å². The maximum absolute atomic E-state index is 12.5. The van der Waals surface area contributed by atoms with Crippen LogP contribution >= 0.6 is 8.17 Å². The van der Waals surface area contributed by atoms with Crippen LogP contribution in [0.1, 0.15) is 25.8 Å². The molecule has 1 aromatic carbocycles. The first-order chi connectivity index (χ1) is 12.3. The Morgan fingerprint density at radius 2 is 2.04 bits per heavy atom. The first kappa shape index (κ1) is 20.7. The molecule has 2 rings (SSSR count). The van der Waals surface area contributed by atoms with E-state index in [0.29, 0.717) is 0 Å². The Kier molecular flexibility index (Phi) is 7.08. The van der Waals surface area contributed by atoms with Crippen LogP contribution in [-0.4, -0.2) is 43.1 Å². The number of rotatable bonds is 7. The molecule has 0 aliphatic carbocycles. The summed E-state index contributed by atoms with van der Waals surface area (Å²) < 4.78 is 20.9. The lowest BCUT2D eigenvalue weighted by molar-refractivity contribution is -0.145. The van der Waals surface area contributed by atoms with Crippen molar-refractivity contribution in [2.45, 2.75) is 33.0 Å². The average molecular weight is 386 g/mol. The molecule has 144 valence electrons. The second-order valence-corrected chi connectivity index (χ2v) is 8.26. The number of hydrogen-bond donors (Lipinski definition) is 2. The standard InChI is InChI=1S/C17H24NO7P/c1-17(2)12-24-26(21,23-11-13-7-5-4-6-8-13)25-15(17)16(20)18-10-9-14(19)22-3/h4-8,15,21H,9-12H2,1-3H3/p+1/t15-,26?/m0/s1. The topological polar surface area (TPSA) is 103 Å². The molecule has 2 N–H and O–H groups in total. The van der Waals surface area contributed by atoms with Crippen molar-refractivity contribution in [2.24, 2.45) is 5.41 Å². The van der Waals surface area contributed by atoms with Crippen molar-refractivity contribution in [2.75, 3.05) is 20.3 Å². The number of methoxy groups -OCH3 is 1. The van der Waals surface area contributed by atoms with Crippen molar-refractivity contribution in [3.63, 3.8) is 0 Å². The maximum Gasteiger partial charge on any atom is 0.573 e. The lowest BCUT2D eigenvalue weighted by atomic mass is 9.87. The number of carbonyl (C=O) groups excluding carboxylic acids is 2. The van der Waals surface area contributed by atoms with Crippen LogP contribution in [0.5, 0.6) is 0 Å². The van der Waals surface area contributed by atoms with E-state index >= 15 is 0 Å². The number of amides is 1. The second-order valence-electron chi connectivity index (χ2n) is 6.59. The summed E-state index contributed by atoms with van der Waals surface area (Å²) in [6, 6.07) is 9.27. The molecule has 9 heteroatoms. The zero-order chi connectivity index (χ0) is 19.2. The summed E-state index contributed by atoms with van der Waals surface area (Å²) in [6.07, 6.45) is -0.918. The minimum Gasteiger partial charge on any atom is -0.469 e. The fraction of sp³-hybridized carbons (Fsp3) is 0.529. The lowest BCUT2D eigenvalue weighted by Gasteiger charge is -2.36. The highest BCUT2D eigenvalue weighted by atomic mass is 31.2. The third kappa shape index (κ3) is 5.72. The van der Waals surface area contributed by atoms with Gasteiger partial charge in [0.2, 0.25) is 0 Å². The first-order valence-corrected chi connectivity index (χ1v) is 9.73. The van der Waals surface area contributed by atoms with Gasteiger partial charge in [-0.05, 0) is 5.56 Å². The fourth-order valence-corrected chi connectivity index (χ4v) is 3.97. The zero-order valence-corrected chi connectivity index (χ0v) is 16.0. The van der Waals surface area contributed by atoms with Crippen molar-refractivity contribution in [1.82, 2.24) is 5.32 Å². The van der Waals surface area contributed by atoms with Crippen LogP contribution in [0.3, 0.4) is 0 Å². The van der Waals surface area contributed by atoms with Gasteiger partial charge in [0.05, 0.1) is 13.5 Å². The Hall–Kier alpha value is -1.57. The van der Waals surface area contributed by atoms with E-state index in [0.717, 1.165) is 5.56 Å². The van der Waals surface area contributed by atoms with E-state index in [2.05, 4.69) is 10.1 Å². The number of carbonyl (C=O) groups is 2. The highest BCUT2D eigenvalue weighted by Crippen LogP contribution is 2.64. The molecular formula is C17H25NO7P+. The Morgan fingerprint density at radius 1 is 1.35 bits per heavy atom. The van der Waals surface area contributed by atoms with Crippen LogP contribution in [0.4, 0.5) is 0 Å². The van der Waals surface area contributed by atoms with Gasteiger partial charge in [0.1, 0.15) is 13.2 Å². The van der Waals surface area contributed by atoms with E-state index in [4.69, 9.17) is 13.6 Å². The molecule has 8 nitrogen and oxygen atoms in total. The van der Waals surface area contributed by atoms with E-state index in [1.54, 1.807) is 13.8 Å². The molecular weight excluding hydrogens is 361 g/mol. The average Bonchev–Trinajstić information content (AvgIpc) is 2.63. The van der Waals surface area contributed by atoms with Crippen LogP contribution < -0.4 is 5.32 Å². The number of esters is 1. The predicted octanol–water partition coefficient (Wildman–Crippen LogP) is 1.99. The Bertz CT molecular complexity index is 625. The van der Waals surface area contributed by atoms with E-state index < -0.39 is 31.6 Å². The van der Waals surface area contributed by atoms with Gasteiger partial charge in [-0.3, -0.25) is 9.59 Å². The van der Waals surface area contributed by atoms with Crippen molar-refractivity contribution < 1.29 is 32.8 Å². The lowest BCUT2D eigenvalue weighted by Crippen LogP contribution is -2.50. The summed E-state index contributed by atoms with van der Waals surface area (Å²) in [5, 5.41) is 2.62. The molecule has 1 unspecified atom stereocenters. The Labute approximate surface area is 153 Å². The minimum absolute atomic E-state index is 0.0514. The normalized spacial score (nSPS) is 24.7. The van der Waals surface area contributed by atoms with Gasteiger partial charge in [-0.25, -0.2) is 0 Å². The molecule has 1 aliphatic rings. The minimum atomic E-state index is -3.63. The summed E-state index contributed by atoms with van der Waals surface area (Å²) in [4.78, 5) is 34.1. The molecule has 1 fully saturated rings. The van der Waals surface area contributed by atoms with Gasteiger partial charge >= 0.3 is 14.1 Å². The predicted molar refractivity (Wildman–Crippen MR) is 94.6 cm³/mol. The monoisotopic (exact) mass is 386 g/mol. The van der Waals surface area contributed by atoms with Crippen LogP contribution in [0.25, 0.3) is 0 Å². The van der Waals surface area contributed by atoms with E-state index in [9.17, 15) is 14.5 Å². The Balaban J connectivity index is 1.95. The van der Waals surface area contributed by atoms with Crippen LogP contribution in [0.15, 0.2) is 30.3 Å². The van der Waals surface area contributed by atoms with E-state index in [-0.39, 0.29) is 26.2 Å². The molecule has 1 aliphatic heterocycles. The van der Waals surface area contributed by atoms with Crippen molar-refractivity contribution in [3.05, 3.63) is 35.9 Å². The number of nitrogens with one attached hydrogen (secondary N) is 1. The second kappa shape index (κ2) is 8.88. The third-order valence-corrected chi connectivity index (χ3v) is 5.27. The van der Waals surface area contributed by atoms with E-state index in [1.807, 2.05) is 30.3 Å². The van der Waals surface area contributed by atoms with Gasteiger partial charge in [0.15, 0.2) is 6.10 Å². The van der Waals surface area contributed by atoms with Crippen LogP contribution in [0, 0.1) is 5.41 Å². The van der Waals surface area contributed by atoms with Gasteiger partial charge < -0.3 is 10.1 Å². The number of hydrogen-bond acceptors (Lipinski definition) is 7. The van der Waals surface area contributed by atoms with Crippen molar-refractivity contribution in [3.8, 4) is 0 Å². The smallest absolute Gasteiger partial charge is 0.469 e. The molecule has 2 atom stereocenters. The molecule has 0 bridgehead atoms. The fourth-order valence-electron chi connectivity index (χ4n) is 2.31. The SMILES string of the molecule is COC(=O)CCNC(=O)[C@@H]1O[P+](O)(OCc2ccccc2)OCC1(C)C. The molecule has 26 heavy (non-hydrogen) atoms. The Morgan fingerprint density at radius 3 is 2.69 bits per heavy atom. The van der Waals surface area contributed by atoms with Gasteiger partial charge in [-0.1, -0.05) is 44.2 Å². The summed E-state index contributed by atoms with van der Waals surface area (Å²) in [5.41, 5.74) is 0.176. The number of benzene rings is 1. The highest BCUT2D eigenvalue weighted by molar-refractivity contribution is 7.55. The van der Waals surface area contributed by atoms with Gasteiger partial charge in [-0.2, -0.15) is 9.42 Å². The summed E-state index contributed by atoms with van der Waals surface area (Å²) in [5.74, 6) is -0.864. The molecule has 1 saturated heterocycles. The van der Waals surface area contributed by atoms with Gasteiger partial charge in [0, 0.05) is 12.0 Å². The first-order valence-electron chi connectivity index (χ1n) is 8.23. The summed E-state index contributed by atoms with van der Waals surface area (Å²) >= 11 is 0. The zero-order valence-electron chi connectivity index (χ0n) is 15.1. The molecule has 1 aromatic rings. The molecule has 0 aromatic heterocycles. The van der Waals surface area contributed by atoms with Gasteiger partial charge in [0.25, 0.3) is 5.91 Å². The molecule has 0 spiro atoms. The molecule has 0 radical (unpaired) electrons. The van der Waals surface area contributed by atoms with Crippen molar-refractivity contribution in [1.29, 1.82) is 0 Å². The molecule has 1 heterocycles. The molecule has 1 amide bonds. The van der Waals surface area contributed by atoms with Crippen LogP contribution in [-0.2, 0) is 34.5 Å². The highest BCUT2D eigenvalue weighted by Gasteiger charge is 2.59. The summed E-state index contributed by atoms with van der Waals surface area (Å²) in [7, 11) is -2.35. The third-order valence-electron chi connectivity index (χ3n) is 3.88. The largest absolute Gasteiger partial charge is 0.573 e. The van der Waals surface area contributed by atoms with Crippen LogP contribution in [0.2, 0.25) is 0 Å². The molecule has 0 saturated carbocycles. The number of ether oxygens (including phenoxy) is 1. The van der Waals surface area contributed by atoms with Gasteiger partial charge in [-0.15, -0.1) is 9.05 Å². The summed E-state index contributed by atoms with van der Waals surface area (Å²) in [6.45, 7) is 3.89. The van der Waals surface area contributed by atoms with Crippen molar-refractivity contribution >= 4 is 20.0 Å². The maximum atomic E-state index is 12.5.